The Bertz CT molecular complexity index is 148. The van der Waals surface area contributed by atoms with Gasteiger partial charge in [0.2, 0.25) is 5.91 Å². The molecule has 0 aliphatic carbocycles. The van der Waals surface area contributed by atoms with Gasteiger partial charge < -0.3 is 0 Å². The van der Waals surface area contributed by atoms with E-state index in [2.05, 4.69) is 6.92 Å². The lowest BCUT2D eigenvalue weighted by molar-refractivity contribution is -0.176. The molecule has 0 bridgehead atoms. The number of hydrogen-bond donors (Lipinski definition) is 0. The summed E-state index contributed by atoms with van der Waals surface area (Å²) in [5.74, 6) is -0.0454. The minimum Gasteiger partial charge on any atom is -0.273 e. The van der Waals surface area contributed by atoms with Crippen molar-refractivity contribution in [3.63, 3.8) is 0 Å². The fourth-order valence-electron chi connectivity index (χ4n) is 1.17. The third kappa shape index (κ3) is 8.05. The lowest BCUT2D eigenvalue weighted by Gasteiger charge is -2.13. The Kier molecular flexibility index (Phi) is 8.64. The number of carbonyl (C=O) groups excluding carboxylic acids is 1. The summed E-state index contributed by atoms with van der Waals surface area (Å²) in [6.45, 7) is 4.37. The third-order valence-corrected chi connectivity index (χ3v) is 2.23. The van der Waals surface area contributed by atoms with E-state index in [1.54, 1.807) is 7.05 Å². The van der Waals surface area contributed by atoms with Crippen LogP contribution in [0.2, 0.25) is 0 Å². The number of hydroxylamine groups is 2. The summed E-state index contributed by atoms with van der Waals surface area (Å²) in [6, 6.07) is 0. The molecule has 0 aromatic carbocycles. The quantitative estimate of drug-likeness (QED) is 0.446. The van der Waals surface area contributed by atoms with Crippen LogP contribution in [0, 0.1) is 0 Å². The van der Waals surface area contributed by atoms with Gasteiger partial charge in [0.1, 0.15) is 0 Å². The van der Waals surface area contributed by atoms with Gasteiger partial charge >= 0.3 is 0 Å². The average molecular weight is 201 g/mol. The van der Waals surface area contributed by atoms with Gasteiger partial charge in [0.25, 0.3) is 0 Å². The Hall–Kier alpha value is -0.570. The molecule has 0 aromatic rings. The highest BCUT2D eigenvalue weighted by atomic mass is 16.7. The zero-order valence-electron chi connectivity index (χ0n) is 9.71. The molecule has 1 amide bonds. The summed E-state index contributed by atoms with van der Waals surface area (Å²) in [4.78, 5) is 15.9. The molecule has 0 saturated carbocycles. The van der Waals surface area contributed by atoms with Crippen molar-refractivity contribution in [2.24, 2.45) is 0 Å². The molecular weight excluding hydrogens is 178 g/mol. The second-order valence-corrected chi connectivity index (χ2v) is 3.62. The average Bonchev–Trinajstić information content (AvgIpc) is 2.16. The van der Waals surface area contributed by atoms with Crippen molar-refractivity contribution in [1.29, 1.82) is 0 Å². The zero-order chi connectivity index (χ0) is 10.8. The van der Waals surface area contributed by atoms with Crippen molar-refractivity contribution in [2.75, 3.05) is 13.7 Å². The maximum Gasteiger partial charge on any atom is 0.242 e. The monoisotopic (exact) mass is 201 g/mol. The van der Waals surface area contributed by atoms with E-state index in [0.29, 0.717) is 6.61 Å². The molecule has 0 saturated heterocycles. The van der Waals surface area contributed by atoms with E-state index in [-0.39, 0.29) is 5.91 Å². The van der Waals surface area contributed by atoms with Gasteiger partial charge in [-0.15, -0.1) is 0 Å². The van der Waals surface area contributed by atoms with E-state index >= 15 is 0 Å². The molecular formula is C11H23NO2. The molecule has 14 heavy (non-hydrogen) atoms. The van der Waals surface area contributed by atoms with Crippen LogP contribution in [-0.2, 0) is 9.63 Å². The molecule has 0 aliphatic rings. The Morgan fingerprint density at radius 1 is 1.14 bits per heavy atom. The maximum atomic E-state index is 10.7. The van der Waals surface area contributed by atoms with Crippen molar-refractivity contribution in [2.45, 2.75) is 52.4 Å². The van der Waals surface area contributed by atoms with Crippen molar-refractivity contribution < 1.29 is 9.63 Å². The van der Waals surface area contributed by atoms with Gasteiger partial charge in [-0.3, -0.25) is 9.63 Å². The molecule has 84 valence electrons. The first-order valence-corrected chi connectivity index (χ1v) is 5.55. The standard InChI is InChI=1S/C11H23NO2/c1-4-5-6-7-8-9-10-14-12(3)11(2)13/h4-10H2,1-3H3. The van der Waals surface area contributed by atoms with Crippen LogP contribution >= 0.6 is 0 Å². The molecule has 0 aromatic heterocycles. The lowest BCUT2D eigenvalue weighted by atomic mass is 10.1. The second-order valence-electron chi connectivity index (χ2n) is 3.62. The molecule has 0 heterocycles. The predicted octanol–water partition coefficient (Wildman–Crippen LogP) is 2.76. The number of unbranched alkanes of at least 4 members (excludes halogenated alkanes) is 5. The Morgan fingerprint density at radius 2 is 1.71 bits per heavy atom. The largest absolute Gasteiger partial charge is 0.273 e. The van der Waals surface area contributed by atoms with Crippen molar-refractivity contribution in [3.8, 4) is 0 Å². The van der Waals surface area contributed by atoms with E-state index in [0.717, 1.165) is 6.42 Å². The van der Waals surface area contributed by atoms with Crippen LogP contribution in [0.4, 0.5) is 0 Å². The van der Waals surface area contributed by atoms with Gasteiger partial charge in [0, 0.05) is 14.0 Å². The molecule has 0 unspecified atom stereocenters. The van der Waals surface area contributed by atoms with E-state index in [4.69, 9.17) is 4.84 Å². The molecule has 3 nitrogen and oxygen atoms in total. The third-order valence-electron chi connectivity index (χ3n) is 2.23. The number of hydrogen-bond acceptors (Lipinski definition) is 2. The van der Waals surface area contributed by atoms with E-state index in [1.165, 1.54) is 44.1 Å². The lowest BCUT2D eigenvalue weighted by Crippen LogP contribution is -2.24. The highest BCUT2D eigenvalue weighted by molar-refractivity contribution is 5.71. The van der Waals surface area contributed by atoms with E-state index in [1.807, 2.05) is 0 Å². The van der Waals surface area contributed by atoms with Crippen molar-refractivity contribution >= 4 is 5.91 Å². The van der Waals surface area contributed by atoms with Crippen LogP contribution in [0.1, 0.15) is 52.4 Å². The number of nitrogens with zero attached hydrogens (tertiary/aromatic N) is 1. The van der Waals surface area contributed by atoms with Gasteiger partial charge in [0.15, 0.2) is 0 Å². The molecule has 0 atom stereocenters. The Morgan fingerprint density at radius 3 is 2.29 bits per heavy atom. The van der Waals surface area contributed by atoms with Crippen molar-refractivity contribution in [3.05, 3.63) is 0 Å². The Labute approximate surface area is 87.4 Å². The van der Waals surface area contributed by atoms with E-state index in [9.17, 15) is 4.79 Å². The topological polar surface area (TPSA) is 29.5 Å². The summed E-state index contributed by atoms with van der Waals surface area (Å²) in [5, 5.41) is 1.30. The number of amides is 1. The Balaban J connectivity index is 3.09. The SMILES string of the molecule is CCCCCCCCON(C)C(C)=O. The van der Waals surface area contributed by atoms with Crippen LogP contribution in [0.5, 0.6) is 0 Å². The summed E-state index contributed by atoms with van der Waals surface area (Å²) in [7, 11) is 1.65. The smallest absolute Gasteiger partial charge is 0.242 e. The minimum atomic E-state index is -0.0454. The fourth-order valence-corrected chi connectivity index (χ4v) is 1.17. The number of carbonyl (C=O) groups is 1. The first-order valence-electron chi connectivity index (χ1n) is 5.55. The maximum absolute atomic E-state index is 10.7. The molecule has 0 spiro atoms. The molecule has 0 radical (unpaired) electrons. The van der Waals surface area contributed by atoms with Crippen LogP contribution < -0.4 is 0 Å². The zero-order valence-corrected chi connectivity index (χ0v) is 9.71. The highest BCUT2D eigenvalue weighted by Gasteiger charge is 2.00. The summed E-state index contributed by atoms with van der Waals surface area (Å²) in [6.07, 6.45) is 7.45. The number of rotatable bonds is 8. The van der Waals surface area contributed by atoms with Crippen LogP contribution in [0.25, 0.3) is 0 Å². The van der Waals surface area contributed by atoms with Crippen LogP contribution in [0.15, 0.2) is 0 Å². The normalized spacial score (nSPS) is 10.2. The molecule has 3 heteroatoms. The predicted molar refractivity (Wildman–Crippen MR) is 57.8 cm³/mol. The van der Waals surface area contributed by atoms with Gasteiger partial charge in [-0.2, -0.15) is 0 Å². The molecule has 0 aliphatic heterocycles. The van der Waals surface area contributed by atoms with Crippen LogP contribution in [0.3, 0.4) is 0 Å². The first kappa shape index (κ1) is 13.4. The van der Waals surface area contributed by atoms with Crippen LogP contribution in [-0.4, -0.2) is 24.6 Å². The fraction of sp³-hybridized carbons (Fsp3) is 0.909. The van der Waals surface area contributed by atoms with Crippen molar-refractivity contribution in [1.82, 2.24) is 5.06 Å². The second kappa shape index (κ2) is 9.00. The molecule has 0 N–H and O–H groups in total. The highest BCUT2D eigenvalue weighted by Crippen LogP contribution is 2.05. The summed E-state index contributed by atoms with van der Waals surface area (Å²) >= 11 is 0. The van der Waals surface area contributed by atoms with Gasteiger partial charge in [-0.05, 0) is 6.42 Å². The summed E-state index contributed by atoms with van der Waals surface area (Å²) < 4.78 is 0. The molecule has 0 rings (SSSR count). The first-order chi connectivity index (χ1) is 6.68. The van der Waals surface area contributed by atoms with Gasteiger partial charge in [-0.25, -0.2) is 5.06 Å². The van der Waals surface area contributed by atoms with E-state index < -0.39 is 0 Å². The minimum absolute atomic E-state index is 0.0454. The summed E-state index contributed by atoms with van der Waals surface area (Å²) in [5.41, 5.74) is 0. The molecule has 0 fully saturated rings. The van der Waals surface area contributed by atoms with Gasteiger partial charge in [-0.1, -0.05) is 39.0 Å². The van der Waals surface area contributed by atoms with Gasteiger partial charge in [0.05, 0.1) is 6.61 Å².